The summed E-state index contributed by atoms with van der Waals surface area (Å²) in [7, 11) is 0. The molecule has 15 heteroatoms. The summed E-state index contributed by atoms with van der Waals surface area (Å²) in [6.07, 6.45) is 4.35. The van der Waals surface area contributed by atoms with Crippen LogP contribution in [0.5, 0.6) is 0 Å². The van der Waals surface area contributed by atoms with Crippen molar-refractivity contribution in [2.45, 2.75) is 32.7 Å². The first-order valence-corrected chi connectivity index (χ1v) is 14.9. The third kappa shape index (κ3) is 5.58. The minimum atomic E-state index is -0.558. The van der Waals surface area contributed by atoms with Crippen molar-refractivity contribution in [2.75, 3.05) is 19.7 Å². The van der Waals surface area contributed by atoms with E-state index in [1.54, 1.807) is 39.9 Å². The molecule has 43 heavy (non-hydrogen) atoms. The summed E-state index contributed by atoms with van der Waals surface area (Å²) in [6, 6.07) is 8.08. The number of benzene rings is 1. The zero-order valence-electron chi connectivity index (χ0n) is 23.2. The number of tetrazole rings is 1. The second-order valence-corrected chi connectivity index (χ2v) is 11.1. The molecule has 13 nitrogen and oxygen atoms in total. The number of nitrogens with zero attached hydrogens (tertiary/aromatic N) is 8. The number of thiophene rings is 1. The van der Waals surface area contributed by atoms with E-state index in [9.17, 15) is 14.4 Å². The van der Waals surface area contributed by atoms with Crippen molar-refractivity contribution >= 4 is 34.8 Å². The van der Waals surface area contributed by atoms with Crippen molar-refractivity contribution in [3.8, 4) is 28.2 Å². The van der Waals surface area contributed by atoms with Crippen molar-refractivity contribution in [3.63, 3.8) is 0 Å². The standard InChI is InChI=1S/C28H26ClN9O4S/c1-3-36(4-2)26(40)13-42-28(41)23-9-16(14-43-23)20-12-30-27(33-20)22-7-8-24-32-19(11-25(39)38(22)24)18-10-17(29)5-6-21(18)37-15-31-34-35-37/h5-6,9-12,14-15,22H,3-4,7-8,13H2,1-2H3,(H,30,33)/t22-/m0/s1. The number of rotatable bonds is 9. The number of hydrogen-bond acceptors (Lipinski definition) is 10. The van der Waals surface area contributed by atoms with Crippen molar-refractivity contribution in [2.24, 2.45) is 0 Å². The number of ether oxygens (including phenoxy) is 1. The molecule has 0 aliphatic carbocycles. The number of carbonyl (C=O) groups excluding carboxylic acids is 2. The molecule has 4 aromatic heterocycles. The van der Waals surface area contributed by atoms with E-state index in [1.807, 2.05) is 19.2 Å². The number of likely N-dealkylation sites (N-methyl/N-ethyl adjacent to an activating group) is 1. The molecule has 0 saturated heterocycles. The van der Waals surface area contributed by atoms with Crippen molar-refractivity contribution in [3.05, 3.63) is 80.1 Å². The lowest BCUT2D eigenvalue weighted by molar-refractivity contribution is -0.134. The fourth-order valence-electron chi connectivity index (χ4n) is 5.13. The molecule has 1 amide bonds. The van der Waals surface area contributed by atoms with E-state index >= 15 is 0 Å². The number of aromatic nitrogens is 8. The first kappa shape index (κ1) is 28.4. The van der Waals surface area contributed by atoms with E-state index in [0.717, 1.165) is 5.56 Å². The first-order valence-electron chi connectivity index (χ1n) is 13.6. The van der Waals surface area contributed by atoms with Gasteiger partial charge < -0.3 is 14.6 Å². The summed E-state index contributed by atoms with van der Waals surface area (Å²) in [5.41, 5.74) is 2.98. The summed E-state index contributed by atoms with van der Waals surface area (Å²) < 4.78 is 8.37. The largest absolute Gasteiger partial charge is 0.451 e. The fraction of sp³-hybridized carbons (Fsp3) is 0.286. The van der Waals surface area contributed by atoms with Gasteiger partial charge in [-0.1, -0.05) is 11.6 Å². The number of H-pyrrole nitrogens is 1. The maximum atomic E-state index is 13.4. The van der Waals surface area contributed by atoms with Crippen LogP contribution in [-0.4, -0.2) is 76.2 Å². The van der Waals surface area contributed by atoms with E-state index in [-0.39, 0.29) is 24.1 Å². The van der Waals surface area contributed by atoms with E-state index in [4.69, 9.17) is 21.3 Å². The van der Waals surface area contributed by atoms with Crippen LogP contribution in [0.3, 0.4) is 0 Å². The summed E-state index contributed by atoms with van der Waals surface area (Å²) in [5.74, 6) is 0.454. The quantitative estimate of drug-likeness (QED) is 0.244. The van der Waals surface area contributed by atoms with Gasteiger partial charge in [-0.25, -0.2) is 14.8 Å². The smallest absolute Gasteiger partial charge is 0.348 e. The first-order chi connectivity index (χ1) is 20.9. The van der Waals surface area contributed by atoms with Gasteiger partial charge in [0, 0.05) is 47.1 Å². The third-order valence-electron chi connectivity index (χ3n) is 7.27. The number of halogens is 1. The van der Waals surface area contributed by atoms with Gasteiger partial charge in [0.15, 0.2) is 6.61 Å². The zero-order valence-corrected chi connectivity index (χ0v) is 24.8. The highest BCUT2D eigenvalue weighted by Crippen LogP contribution is 2.33. The van der Waals surface area contributed by atoms with Crippen molar-refractivity contribution in [1.82, 2.24) is 44.6 Å². The Morgan fingerprint density at radius 3 is 2.81 bits per heavy atom. The molecule has 220 valence electrons. The van der Waals surface area contributed by atoms with Crippen LogP contribution in [0.4, 0.5) is 0 Å². The normalized spacial score (nSPS) is 14.1. The minimum Gasteiger partial charge on any atom is -0.451 e. The predicted octanol–water partition coefficient (Wildman–Crippen LogP) is 3.55. The molecule has 6 rings (SSSR count). The van der Waals surface area contributed by atoms with E-state index in [2.05, 4.69) is 25.5 Å². The van der Waals surface area contributed by atoms with Crippen LogP contribution in [0.25, 0.3) is 28.2 Å². The molecule has 1 aromatic carbocycles. The predicted molar refractivity (Wildman–Crippen MR) is 158 cm³/mol. The Bertz CT molecular complexity index is 1860. The lowest BCUT2D eigenvalue weighted by atomic mass is 10.1. The summed E-state index contributed by atoms with van der Waals surface area (Å²) in [5, 5.41) is 13.7. The summed E-state index contributed by atoms with van der Waals surface area (Å²) >= 11 is 7.51. The maximum absolute atomic E-state index is 13.4. The van der Waals surface area contributed by atoms with Crippen LogP contribution >= 0.6 is 22.9 Å². The molecule has 0 radical (unpaired) electrons. The number of carbonyl (C=O) groups is 2. The lowest BCUT2D eigenvalue weighted by Crippen LogP contribution is -2.34. The van der Waals surface area contributed by atoms with Crippen LogP contribution < -0.4 is 5.56 Å². The molecule has 1 N–H and O–H groups in total. The fourth-order valence-corrected chi connectivity index (χ4v) is 6.10. The highest BCUT2D eigenvalue weighted by molar-refractivity contribution is 7.12. The van der Waals surface area contributed by atoms with Gasteiger partial charge >= 0.3 is 5.97 Å². The van der Waals surface area contributed by atoms with E-state index < -0.39 is 5.97 Å². The molecule has 1 aliphatic rings. The van der Waals surface area contributed by atoms with Gasteiger partial charge in [0.25, 0.3) is 11.5 Å². The topological polar surface area (TPSA) is 154 Å². The molecule has 0 bridgehead atoms. The van der Waals surface area contributed by atoms with Crippen LogP contribution in [0, 0.1) is 0 Å². The Kier molecular flexibility index (Phi) is 7.86. The highest BCUT2D eigenvalue weighted by Gasteiger charge is 2.29. The molecule has 1 aliphatic heterocycles. The van der Waals surface area contributed by atoms with Gasteiger partial charge in [0.2, 0.25) is 0 Å². The monoisotopic (exact) mass is 619 g/mol. The van der Waals surface area contributed by atoms with Crippen LogP contribution in [0.1, 0.15) is 47.6 Å². The lowest BCUT2D eigenvalue weighted by Gasteiger charge is -2.17. The molecule has 5 aromatic rings. The van der Waals surface area contributed by atoms with Gasteiger partial charge in [-0.2, -0.15) is 4.68 Å². The Balaban J connectivity index is 1.21. The second kappa shape index (κ2) is 11.9. The Hall–Kier alpha value is -4.69. The van der Waals surface area contributed by atoms with Crippen molar-refractivity contribution < 1.29 is 14.3 Å². The Morgan fingerprint density at radius 2 is 2.05 bits per heavy atom. The number of imidazole rings is 1. The number of amides is 1. The summed E-state index contributed by atoms with van der Waals surface area (Å²) in [6.45, 7) is 4.55. The molecule has 0 saturated carbocycles. The molecule has 0 fully saturated rings. The average molecular weight is 620 g/mol. The minimum absolute atomic E-state index is 0.220. The van der Waals surface area contributed by atoms with Gasteiger partial charge in [-0.15, -0.1) is 16.4 Å². The second-order valence-electron chi connectivity index (χ2n) is 9.76. The highest BCUT2D eigenvalue weighted by atomic mass is 35.5. The zero-order chi connectivity index (χ0) is 30.1. The number of aromatic amines is 1. The van der Waals surface area contributed by atoms with Crippen molar-refractivity contribution in [1.29, 1.82) is 0 Å². The molecule has 5 heterocycles. The number of aryl methyl sites for hydroxylation is 1. The number of esters is 1. The summed E-state index contributed by atoms with van der Waals surface area (Å²) in [4.78, 5) is 52.8. The Morgan fingerprint density at radius 1 is 1.21 bits per heavy atom. The average Bonchev–Trinajstić information content (AvgIpc) is 3.82. The van der Waals surface area contributed by atoms with E-state index in [0.29, 0.717) is 70.1 Å². The SMILES string of the molecule is CCN(CC)C(=O)COC(=O)c1cc(-c2cnc([C@@H]3CCc4nc(-c5cc(Cl)ccc5-n5cnnn5)cc(=O)n43)[nH]2)cs1. The van der Waals surface area contributed by atoms with Gasteiger partial charge in [-0.3, -0.25) is 14.2 Å². The van der Waals surface area contributed by atoms with Crippen LogP contribution in [-0.2, 0) is 16.0 Å². The molecule has 0 unspecified atom stereocenters. The molecular weight excluding hydrogens is 594 g/mol. The Labute approximate surface area is 254 Å². The molecular formula is C28H26ClN9O4S. The number of nitrogens with one attached hydrogen (secondary N) is 1. The van der Waals surface area contributed by atoms with Crippen LogP contribution in [0.15, 0.2) is 53.0 Å². The number of hydrogen-bond donors (Lipinski definition) is 1. The van der Waals surface area contributed by atoms with Gasteiger partial charge in [-0.05, 0) is 55.0 Å². The molecule has 0 spiro atoms. The maximum Gasteiger partial charge on any atom is 0.348 e. The van der Waals surface area contributed by atoms with Gasteiger partial charge in [0.05, 0.1) is 29.3 Å². The van der Waals surface area contributed by atoms with Gasteiger partial charge in [0.1, 0.15) is 22.9 Å². The van der Waals surface area contributed by atoms with Crippen LogP contribution in [0.2, 0.25) is 5.02 Å². The third-order valence-corrected chi connectivity index (χ3v) is 8.42. The molecule has 1 atom stereocenters. The van der Waals surface area contributed by atoms with E-state index in [1.165, 1.54) is 28.4 Å². The number of fused-ring (bicyclic) bond motifs is 1.